The van der Waals surface area contributed by atoms with E-state index in [-0.39, 0.29) is 5.69 Å². The van der Waals surface area contributed by atoms with Gasteiger partial charge in [-0.05, 0) is 6.07 Å². The topological polar surface area (TPSA) is 48.7 Å². The second-order valence-corrected chi connectivity index (χ2v) is 2.44. The number of hydrogen-bond donors (Lipinski definition) is 1. The van der Waals surface area contributed by atoms with E-state index in [4.69, 9.17) is 5.26 Å². The van der Waals surface area contributed by atoms with Gasteiger partial charge in [0.05, 0.1) is 5.69 Å². The van der Waals surface area contributed by atoms with Crippen LogP contribution in [0, 0.1) is 11.3 Å². The monoisotopic (exact) mass is 231 g/mol. The first kappa shape index (κ1) is 14.2. The van der Waals surface area contributed by atoms with E-state index in [0.717, 1.165) is 6.20 Å². The molecule has 0 saturated heterocycles. The summed E-state index contributed by atoms with van der Waals surface area (Å²) in [6.45, 7) is 4.00. The van der Waals surface area contributed by atoms with Crippen molar-refractivity contribution < 1.29 is 13.2 Å². The molecule has 6 heteroatoms. The van der Waals surface area contributed by atoms with Gasteiger partial charge >= 0.3 is 6.18 Å². The lowest BCUT2D eigenvalue weighted by Crippen LogP contribution is -2.12. The minimum absolute atomic E-state index is 0.149. The van der Waals surface area contributed by atoms with Crippen LogP contribution in [0.1, 0.15) is 25.1 Å². The van der Waals surface area contributed by atoms with Gasteiger partial charge in [0, 0.05) is 13.2 Å². The Labute approximate surface area is 91.9 Å². The third-order valence-electron chi connectivity index (χ3n) is 1.61. The summed E-state index contributed by atoms with van der Waals surface area (Å²) < 4.78 is 37.4. The van der Waals surface area contributed by atoms with Crippen LogP contribution in [0.4, 0.5) is 18.9 Å². The molecule has 0 aliphatic heterocycles. The number of rotatable bonds is 1. The Morgan fingerprint density at radius 2 is 1.94 bits per heavy atom. The number of nitrogens with zero attached hydrogens (tertiary/aromatic N) is 2. The molecular formula is C10H12F3N3. The lowest BCUT2D eigenvalue weighted by atomic mass is 10.1. The lowest BCUT2D eigenvalue weighted by molar-refractivity contribution is -0.137. The van der Waals surface area contributed by atoms with Gasteiger partial charge in [0.25, 0.3) is 0 Å². The van der Waals surface area contributed by atoms with Gasteiger partial charge in [-0.25, -0.2) is 4.98 Å². The molecule has 0 aliphatic rings. The smallest absolute Gasteiger partial charge is 0.387 e. The molecule has 3 nitrogen and oxygen atoms in total. The molecule has 1 N–H and O–H groups in total. The molecule has 0 bridgehead atoms. The van der Waals surface area contributed by atoms with Crippen LogP contribution in [0.2, 0.25) is 0 Å². The maximum absolute atomic E-state index is 12.5. The van der Waals surface area contributed by atoms with E-state index in [0.29, 0.717) is 0 Å². The van der Waals surface area contributed by atoms with Crippen molar-refractivity contribution in [3.05, 3.63) is 23.5 Å². The van der Waals surface area contributed by atoms with Crippen LogP contribution < -0.4 is 5.32 Å². The van der Waals surface area contributed by atoms with E-state index < -0.39 is 17.4 Å². The summed E-state index contributed by atoms with van der Waals surface area (Å²) in [5.74, 6) is 0. The van der Waals surface area contributed by atoms with Gasteiger partial charge in [-0.1, -0.05) is 13.8 Å². The number of halogens is 3. The second-order valence-electron chi connectivity index (χ2n) is 2.44. The number of nitriles is 1. The number of aromatic nitrogens is 1. The highest BCUT2D eigenvalue weighted by Gasteiger charge is 2.37. The highest BCUT2D eigenvalue weighted by molar-refractivity contribution is 5.56. The van der Waals surface area contributed by atoms with Crippen LogP contribution in [0.15, 0.2) is 12.3 Å². The Morgan fingerprint density at radius 1 is 1.38 bits per heavy atom. The molecule has 0 radical (unpaired) electrons. The average molecular weight is 231 g/mol. The second kappa shape index (κ2) is 5.95. The lowest BCUT2D eigenvalue weighted by Gasteiger charge is -2.12. The molecule has 1 aromatic rings. The predicted molar refractivity (Wildman–Crippen MR) is 54.8 cm³/mol. The van der Waals surface area contributed by atoms with Gasteiger partial charge in [0.1, 0.15) is 11.6 Å². The first-order valence-electron chi connectivity index (χ1n) is 4.64. The number of hydrogen-bond acceptors (Lipinski definition) is 3. The summed E-state index contributed by atoms with van der Waals surface area (Å²) >= 11 is 0. The van der Waals surface area contributed by atoms with Crippen LogP contribution in [0.3, 0.4) is 0 Å². The molecular weight excluding hydrogens is 219 g/mol. The molecule has 0 fully saturated rings. The zero-order valence-electron chi connectivity index (χ0n) is 9.18. The number of pyridine rings is 1. The van der Waals surface area contributed by atoms with Crippen LogP contribution in [-0.2, 0) is 6.18 Å². The zero-order chi connectivity index (χ0) is 12.8. The van der Waals surface area contributed by atoms with E-state index in [2.05, 4.69) is 10.3 Å². The summed E-state index contributed by atoms with van der Waals surface area (Å²) in [7, 11) is 1.35. The van der Waals surface area contributed by atoms with Crippen molar-refractivity contribution in [3.63, 3.8) is 0 Å². The van der Waals surface area contributed by atoms with Crippen molar-refractivity contribution in [1.82, 2.24) is 4.98 Å². The van der Waals surface area contributed by atoms with Gasteiger partial charge in [-0.2, -0.15) is 18.4 Å². The third-order valence-corrected chi connectivity index (χ3v) is 1.61. The van der Waals surface area contributed by atoms with Gasteiger partial charge in [-0.15, -0.1) is 0 Å². The first-order chi connectivity index (χ1) is 7.50. The van der Waals surface area contributed by atoms with Gasteiger partial charge in [0.15, 0.2) is 5.69 Å². The molecule has 0 amide bonds. The van der Waals surface area contributed by atoms with Gasteiger partial charge < -0.3 is 5.32 Å². The normalized spacial score (nSPS) is 9.81. The Balaban J connectivity index is 0.00000106. The standard InChI is InChI=1S/C8H6F3N3.C2H6/c1-13-5-2-3-14-6(4-12)7(5)8(9,10)11;1-2/h2-3H,1H3,(H,13,14);1-2H3. The quantitative estimate of drug-likeness (QED) is 0.808. The molecule has 0 aromatic carbocycles. The van der Waals surface area contributed by atoms with Crippen LogP contribution in [0.5, 0.6) is 0 Å². The fourth-order valence-electron chi connectivity index (χ4n) is 1.04. The molecule has 1 heterocycles. The molecule has 1 rings (SSSR count). The van der Waals surface area contributed by atoms with Crippen molar-refractivity contribution in [2.24, 2.45) is 0 Å². The number of anilines is 1. The van der Waals surface area contributed by atoms with Crippen molar-refractivity contribution in [2.75, 3.05) is 12.4 Å². The predicted octanol–water partition coefficient (Wildman–Crippen LogP) is 3.04. The van der Waals surface area contributed by atoms with Crippen LogP contribution >= 0.6 is 0 Å². The van der Waals surface area contributed by atoms with Crippen molar-refractivity contribution in [1.29, 1.82) is 5.26 Å². The largest absolute Gasteiger partial charge is 0.421 e. The summed E-state index contributed by atoms with van der Waals surface area (Å²) in [5.41, 5.74) is -1.79. The molecule has 0 atom stereocenters. The molecule has 0 unspecified atom stereocenters. The van der Waals surface area contributed by atoms with Gasteiger partial charge in [-0.3, -0.25) is 0 Å². The van der Waals surface area contributed by atoms with E-state index >= 15 is 0 Å². The fourth-order valence-corrected chi connectivity index (χ4v) is 1.04. The highest BCUT2D eigenvalue weighted by atomic mass is 19.4. The van der Waals surface area contributed by atoms with Crippen LogP contribution in [-0.4, -0.2) is 12.0 Å². The molecule has 88 valence electrons. The highest BCUT2D eigenvalue weighted by Crippen LogP contribution is 2.35. The van der Waals surface area contributed by atoms with E-state index in [1.54, 1.807) is 0 Å². The maximum Gasteiger partial charge on any atom is 0.421 e. The summed E-state index contributed by atoms with van der Waals surface area (Å²) in [6.07, 6.45) is -3.42. The van der Waals surface area contributed by atoms with Crippen molar-refractivity contribution >= 4 is 5.69 Å². The van der Waals surface area contributed by atoms with E-state index in [1.165, 1.54) is 19.2 Å². The fraction of sp³-hybridized carbons (Fsp3) is 0.400. The minimum Gasteiger partial charge on any atom is -0.387 e. The van der Waals surface area contributed by atoms with E-state index in [9.17, 15) is 13.2 Å². The summed E-state index contributed by atoms with van der Waals surface area (Å²) in [5, 5.41) is 10.8. The number of nitrogens with one attached hydrogen (secondary N) is 1. The zero-order valence-corrected chi connectivity index (χ0v) is 9.18. The Hall–Kier alpha value is -1.77. The molecule has 16 heavy (non-hydrogen) atoms. The van der Waals surface area contributed by atoms with Crippen LogP contribution in [0.25, 0.3) is 0 Å². The Bertz CT molecular complexity index is 380. The average Bonchev–Trinajstić information content (AvgIpc) is 2.29. The molecule has 1 aromatic heterocycles. The van der Waals surface area contributed by atoms with Crippen molar-refractivity contribution in [3.8, 4) is 6.07 Å². The first-order valence-corrected chi connectivity index (χ1v) is 4.64. The summed E-state index contributed by atoms with van der Waals surface area (Å²) in [4.78, 5) is 3.35. The Kier molecular flexibility index (Phi) is 5.30. The SMILES string of the molecule is CC.CNc1ccnc(C#N)c1C(F)(F)F. The Morgan fingerprint density at radius 3 is 2.31 bits per heavy atom. The van der Waals surface area contributed by atoms with Crippen molar-refractivity contribution in [2.45, 2.75) is 20.0 Å². The summed E-state index contributed by atoms with van der Waals surface area (Å²) in [6, 6.07) is 2.58. The van der Waals surface area contributed by atoms with Gasteiger partial charge in [0.2, 0.25) is 0 Å². The number of alkyl halides is 3. The molecule has 0 spiro atoms. The molecule has 0 aliphatic carbocycles. The third kappa shape index (κ3) is 3.12. The van der Waals surface area contributed by atoms with E-state index in [1.807, 2.05) is 13.8 Å². The molecule has 0 saturated carbocycles. The minimum atomic E-state index is -4.57. The maximum atomic E-state index is 12.5.